The fraction of sp³-hybridized carbons (Fsp3) is 0.242. The van der Waals surface area contributed by atoms with E-state index in [0.29, 0.717) is 5.02 Å². The summed E-state index contributed by atoms with van der Waals surface area (Å²) >= 11 is 7.68. The number of nitrogens with zero attached hydrogens (tertiary/aromatic N) is 5. The first-order chi connectivity index (χ1) is 20.4. The highest BCUT2D eigenvalue weighted by Gasteiger charge is 2.20. The molecule has 43 heavy (non-hydrogen) atoms. The summed E-state index contributed by atoms with van der Waals surface area (Å²) in [6.45, 7) is 9.25. The van der Waals surface area contributed by atoms with E-state index in [9.17, 15) is 9.90 Å². The first-order valence-electron chi connectivity index (χ1n) is 13.8. The minimum atomic E-state index is -0.875. The van der Waals surface area contributed by atoms with E-state index in [4.69, 9.17) is 21.7 Å². The first kappa shape index (κ1) is 30.3. The molecular formula is C33H32ClN5O3S. The van der Waals surface area contributed by atoms with Gasteiger partial charge in [-0.1, -0.05) is 30.7 Å². The van der Waals surface area contributed by atoms with E-state index in [2.05, 4.69) is 22.0 Å². The highest BCUT2D eigenvalue weighted by atomic mass is 35.5. The molecule has 0 fully saturated rings. The molecule has 0 radical (unpaired) electrons. The fourth-order valence-corrected chi connectivity index (χ4v) is 5.95. The van der Waals surface area contributed by atoms with Crippen LogP contribution in [0.2, 0.25) is 5.02 Å². The van der Waals surface area contributed by atoms with Gasteiger partial charge in [0.15, 0.2) is 5.65 Å². The van der Waals surface area contributed by atoms with E-state index >= 15 is 0 Å². The Morgan fingerprint density at radius 1 is 1.02 bits per heavy atom. The number of halogens is 1. The third-order valence-electron chi connectivity index (χ3n) is 6.59. The molecule has 2 aromatic carbocycles. The molecule has 0 saturated carbocycles. The average molecular weight is 614 g/mol. The number of aliphatic carboxylic acids is 1. The number of carbonyl (C=O) groups is 1. The Bertz CT molecular complexity index is 1940. The largest absolute Gasteiger partial charge is 0.481 e. The van der Waals surface area contributed by atoms with Gasteiger partial charge in [-0.25, -0.2) is 14.5 Å². The minimum absolute atomic E-state index is 0.0744. The minimum Gasteiger partial charge on any atom is -0.481 e. The molecule has 4 aromatic heterocycles. The van der Waals surface area contributed by atoms with E-state index in [1.165, 1.54) is 0 Å². The number of carboxylic acids is 1. The van der Waals surface area contributed by atoms with Crippen LogP contribution in [-0.4, -0.2) is 46.3 Å². The molecule has 2 N–H and O–H groups in total. The van der Waals surface area contributed by atoms with Gasteiger partial charge in [-0.05, 0) is 81.1 Å². The SMILES string of the molecule is CC(C)(C)O.CCc1cnn2cc(-c3cc(-c4nc5cc(C)c(CC(=O)O)c(-c6ccc(Cl)cc6)c5s4)ccn3)cnc12. The van der Waals surface area contributed by atoms with Crippen molar-refractivity contribution in [3.05, 3.63) is 89.0 Å². The summed E-state index contributed by atoms with van der Waals surface area (Å²) < 4.78 is 2.72. The molecular weight excluding hydrogens is 582 g/mol. The van der Waals surface area contributed by atoms with Gasteiger partial charge in [0, 0.05) is 45.9 Å². The van der Waals surface area contributed by atoms with Crippen LogP contribution in [-0.2, 0) is 17.6 Å². The summed E-state index contributed by atoms with van der Waals surface area (Å²) in [6.07, 6.45) is 8.16. The number of benzene rings is 2. The van der Waals surface area contributed by atoms with Crippen molar-refractivity contribution in [1.29, 1.82) is 0 Å². The molecule has 0 aliphatic rings. The maximum absolute atomic E-state index is 11.7. The van der Waals surface area contributed by atoms with Crippen molar-refractivity contribution in [2.45, 2.75) is 53.1 Å². The number of rotatable bonds is 6. The van der Waals surface area contributed by atoms with Crippen LogP contribution < -0.4 is 0 Å². The zero-order valence-electron chi connectivity index (χ0n) is 24.6. The molecule has 0 spiro atoms. The molecule has 0 aliphatic heterocycles. The molecule has 6 rings (SSSR count). The van der Waals surface area contributed by atoms with Crippen molar-refractivity contribution in [3.63, 3.8) is 0 Å². The Labute approximate surface area is 258 Å². The predicted octanol–water partition coefficient (Wildman–Crippen LogP) is 7.66. The molecule has 8 nitrogen and oxygen atoms in total. The Hall–Kier alpha value is -4.18. The summed E-state index contributed by atoms with van der Waals surface area (Å²) in [7, 11) is 0. The lowest BCUT2D eigenvalue weighted by molar-refractivity contribution is -0.136. The normalized spacial score (nSPS) is 11.5. The monoisotopic (exact) mass is 613 g/mol. The molecule has 220 valence electrons. The molecule has 0 unspecified atom stereocenters. The Balaban J connectivity index is 0.000000682. The van der Waals surface area contributed by atoms with Crippen LogP contribution in [0.1, 0.15) is 44.4 Å². The van der Waals surface area contributed by atoms with Crippen molar-refractivity contribution >= 4 is 44.8 Å². The van der Waals surface area contributed by atoms with E-state index in [0.717, 1.165) is 71.9 Å². The van der Waals surface area contributed by atoms with Crippen LogP contribution >= 0.6 is 22.9 Å². The van der Waals surface area contributed by atoms with Gasteiger partial charge < -0.3 is 10.2 Å². The van der Waals surface area contributed by atoms with Crippen LogP contribution in [0, 0.1) is 6.92 Å². The number of hydrogen-bond donors (Lipinski definition) is 2. The number of carboxylic acid groups (broad SMARTS) is 1. The lowest BCUT2D eigenvalue weighted by atomic mass is 9.93. The molecule has 4 heterocycles. The summed E-state index contributed by atoms with van der Waals surface area (Å²) in [6, 6.07) is 13.4. The quantitative estimate of drug-likeness (QED) is 0.198. The Morgan fingerprint density at radius 2 is 1.74 bits per heavy atom. The molecule has 0 amide bonds. The van der Waals surface area contributed by atoms with Crippen LogP contribution in [0.3, 0.4) is 0 Å². The first-order valence-corrected chi connectivity index (χ1v) is 15.0. The van der Waals surface area contributed by atoms with Gasteiger partial charge in [0.05, 0.1) is 34.1 Å². The van der Waals surface area contributed by atoms with Crippen molar-refractivity contribution in [1.82, 2.24) is 24.6 Å². The Morgan fingerprint density at radius 3 is 2.42 bits per heavy atom. The van der Waals surface area contributed by atoms with Gasteiger partial charge in [0.25, 0.3) is 0 Å². The van der Waals surface area contributed by atoms with Gasteiger partial charge in [-0.15, -0.1) is 11.3 Å². The van der Waals surface area contributed by atoms with Crippen LogP contribution in [0.15, 0.2) is 67.3 Å². The predicted molar refractivity (Wildman–Crippen MR) is 173 cm³/mol. The van der Waals surface area contributed by atoms with E-state index in [-0.39, 0.29) is 6.42 Å². The summed E-state index contributed by atoms with van der Waals surface area (Å²) in [5.41, 5.74) is 8.29. The summed E-state index contributed by atoms with van der Waals surface area (Å²) in [4.78, 5) is 25.9. The van der Waals surface area contributed by atoms with Crippen molar-refractivity contribution in [2.75, 3.05) is 0 Å². The van der Waals surface area contributed by atoms with Crippen LogP contribution in [0.25, 0.3) is 48.8 Å². The van der Waals surface area contributed by atoms with E-state index < -0.39 is 11.6 Å². The number of fused-ring (bicyclic) bond motifs is 2. The van der Waals surface area contributed by atoms with Gasteiger partial charge in [0.1, 0.15) is 5.01 Å². The lowest BCUT2D eigenvalue weighted by Gasteiger charge is -2.13. The van der Waals surface area contributed by atoms with Crippen LogP contribution in [0.4, 0.5) is 0 Å². The van der Waals surface area contributed by atoms with Gasteiger partial charge in [-0.3, -0.25) is 9.78 Å². The van der Waals surface area contributed by atoms with E-state index in [1.54, 1.807) is 42.8 Å². The number of aryl methyl sites for hydroxylation is 2. The zero-order chi connectivity index (χ0) is 30.9. The standard InChI is InChI=1S/C29H22ClN5O2S.C4H10O/c1-3-17-14-33-35-15-20(13-32-28(17)35)23-11-19(8-9-31-23)29-34-24-10-16(2)22(12-25(36)37)26(27(24)38-29)18-4-6-21(30)7-5-18;1-4(2,3)5/h4-11,13-15H,3,12H2,1-2H3,(H,36,37);5H,1-3H3. The van der Waals surface area contributed by atoms with Gasteiger partial charge >= 0.3 is 5.97 Å². The third kappa shape index (κ3) is 6.91. The zero-order valence-corrected chi connectivity index (χ0v) is 26.2. The number of aromatic nitrogens is 5. The second kappa shape index (κ2) is 12.2. The molecule has 0 bridgehead atoms. The summed E-state index contributed by atoms with van der Waals surface area (Å²) in [5, 5.41) is 24.0. The van der Waals surface area contributed by atoms with Crippen molar-refractivity contribution in [3.8, 4) is 33.0 Å². The molecule has 0 atom stereocenters. The number of pyridine rings is 1. The van der Waals surface area contributed by atoms with Crippen molar-refractivity contribution in [2.24, 2.45) is 0 Å². The Kier molecular flexibility index (Phi) is 8.59. The molecule has 0 saturated heterocycles. The second-order valence-corrected chi connectivity index (χ2v) is 12.7. The maximum atomic E-state index is 11.7. The molecule has 10 heteroatoms. The average Bonchev–Trinajstić information content (AvgIpc) is 3.56. The van der Waals surface area contributed by atoms with E-state index in [1.807, 2.05) is 68.0 Å². The lowest BCUT2D eigenvalue weighted by Crippen LogP contribution is -2.10. The molecule has 6 aromatic rings. The third-order valence-corrected chi connectivity index (χ3v) is 7.98. The van der Waals surface area contributed by atoms with Gasteiger partial charge in [-0.2, -0.15) is 5.10 Å². The van der Waals surface area contributed by atoms with Crippen molar-refractivity contribution < 1.29 is 15.0 Å². The summed E-state index contributed by atoms with van der Waals surface area (Å²) in [5.74, 6) is -0.875. The van der Waals surface area contributed by atoms with Gasteiger partial charge in [0.2, 0.25) is 0 Å². The highest BCUT2D eigenvalue weighted by molar-refractivity contribution is 7.22. The smallest absolute Gasteiger partial charge is 0.307 e. The highest BCUT2D eigenvalue weighted by Crippen LogP contribution is 2.41. The number of aliphatic hydroxyl groups is 1. The maximum Gasteiger partial charge on any atom is 0.307 e. The topological polar surface area (TPSA) is 114 Å². The number of thiazole rings is 1. The number of hydrogen-bond acceptors (Lipinski definition) is 7. The molecule has 0 aliphatic carbocycles. The second-order valence-electron chi connectivity index (χ2n) is 11.2. The van der Waals surface area contributed by atoms with Crippen LogP contribution in [0.5, 0.6) is 0 Å². The fourth-order valence-electron chi connectivity index (χ4n) is 4.69.